The molecular weight excluding hydrogens is 333 g/mol. The van der Waals surface area contributed by atoms with Gasteiger partial charge >= 0.3 is 6.18 Å². The summed E-state index contributed by atoms with van der Waals surface area (Å²) in [5.74, 6) is 0.655. The summed E-state index contributed by atoms with van der Waals surface area (Å²) >= 11 is 0. The van der Waals surface area contributed by atoms with Gasteiger partial charge in [-0.3, -0.25) is 0 Å². The van der Waals surface area contributed by atoms with Gasteiger partial charge in [0, 0.05) is 31.6 Å². The van der Waals surface area contributed by atoms with Crippen LogP contribution in [0.1, 0.15) is 45.2 Å². The quantitative estimate of drug-likeness (QED) is 0.865. The first-order valence-electron chi connectivity index (χ1n) is 8.94. The lowest BCUT2D eigenvalue weighted by Crippen LogP contribution is -2.44. The Balaban J connectivity index is 1.90. The summed E-state index contributed by atoms with van der Waals surface area (Å²) in [5.41, 5.74) is -1.66. The van der Waals surface area contributed by atoms with Gasteiger partial charge in [-0.05, 0) is 32.1 Å². The van der Waals surface area contributed by atoms with E-state index in [0.717, 1.165) is 25.3 Å². The van der Waals surface area contributed by atoms with E-state index in [1.807, 2.05) is 11.8 Å². The Morgan fingerprint density at radius 2 is 2.08 bits per heavy atom. The molecule has 0 spiro atoms. The zero-order chi connectivity index (χ0) is 18.2. The molecule has 1 aromatic heterocycles. The van der Waals surface area contributed by atoms with E-state index in [9.17, 15) is 18.3 Å². The van der Waals surface area contributed by atoms with E-state index < -0.39 is 17.5 Å². The summed E-state index contributed by atoms with van der Waals surface area (Å²) in [6.07, 6.45) is -1.13. The Labute approximate surface area is 145 Å². The lowest BCUT2D eigenvalue weighted by Gasteiger charge is -2.40. The van der Waals surface area contributed by atoms with Crippen LogP contribution in [0.4, 0.5) is 24.9 Å². The zero-order valence-electron chi connectivity index (χ0n) is 14.6. The first-order valence-corrected chi connectivity index (χ1v) is 8.94. The molecule has 0 aromatic carbocycles. The van der Waals surface area contributed by atoms with Crippen LogP contribution in [0, 0.1) is 11.8 Å². The van der Waals surface area contributed by atoms with Crippen LogP contribution in [0.2, 0.25) is 0 Å². The van der Waals surface area contributed by atoms with Gasteiger partial charge in [0.1, 0.15) is 5.82 Å². The Morgan fingerprint density at radius 3 is 2.72 bits per heavy atom. The van der Waals surface area contributed by atoms with Gasteiger partial charge < -0.3 is 15.3 Å². The highest BCUT2D eigenvalue weighted by Gasteiger charge is 2.48. The van der Waals surface area contributed by atoms with E-state index >= 15 is 0 Å². The molecule has 5 nitrogen and oxygen atoms in total. The van der Waals surface area contributed by atoms with Crippen LogP contribution >= 0.6 is 0 Å². The summed E-state index contributed by atoms with van der Waals surface area (Å²) in [6, 6.07) is 1.02. The van der Waals surface area contributed by atoms with Gasteiger partial charge in [-0.2, -0.15) is 18.2 Å². The molecule has 2 heterocycles. The molecule has 3 atom stereocenters. The Bertz CT molecular complexity index is 624. The van der Waals surface area contributed by atoms with E-state index in [4.69, 9.17) is 0 Å². The third-order valence-corrected chi connectivity index (χ3v) is 5.59. The summed E-state index contributed by atoms with van der Waals surface area (Å²) in [5, 5.41) is 13.7. The van der Waals surface area contributed by atoms with Crippen molar-refractivity contribution in [3.8, 4) is 0 Å². The fourth-order valence-corrected chi connectivity index (χ4v) is 4.23. The highest BCUT2D eigenvalue weighted by atomic mass is 19.4. The van der Waals surface area contributed by atoms with Crippen LogP contribution in [-0.2, 0) is 6.18 Å². The third-order valence-electron chi connectivity index (χ3n) is 5.59. The van der Waals surface area contributed by atoms with E-state index in [1.165, 1.54) is 0 Å². The second-order valence-electron chi connectivity index (χ2n) is 7.08. The van der Waals surface area contributed by atoms with Gasteiger partial charge in [0.2, 0.25) is 5.95 Å². The van der Waals surface area contributed by atoms with Crippen molar-refractivity contribution >= 4 is 11.8 Å². The number of nitrogens with one attached hydrogen (secondary N) is 1. The van der Waals surface area contributed by atoms with E-state index in [1.54, 1.807) is 6.92 Å². The van der Waals surface area contributed by atoms with Crippen molar-refractivity contribution in [3.63, 3.8) is 0 Å². The lowest BCUT2D eigenvalue weighted by molar-refractivity contribution is -0.141. The van der Waals surface area contributed by atoms with Crippen molar-refractivity contribution in [2.24, 2.45) is 11.8 Å². The molecule has 1 aliphatic carbocycles. The zero-order valence-corrected chi connectivity index (χ0v) is 14.6. The molecule has 3 rings (SSSR count). The minimum absolute atomic E-state index is 0.00653. The molecular formula is C17H25F3N4O. The smallest absolute Gasteiger partial charge is 0.390 e. The number of anilines is 2. The maximum atomic E-state index is 13.2. The minimum atomic E-state index is -4.52. The van der Waals surface area contributed by atoms with Crippen molar-refractivity contribution in [1.82, 2.24) is 9.97 Å². The Morgan fingerprint density at radius 1 is 1.32 bits per heavy atom. The largest absolute Gasteiger partial charge is 0.433 e. The number of aliphatic hydroxyl groups is 1. The van der Waals surface area contributed by atoms with Crippen molar-refractivity contribution in [2.45, 2.75) is 51.3 Å². The monoisotopic (exact) mass is 358 g/mol. The lowest BCUT2D eigenvalue weighted by atomic mass is 9.69. The van der Waals surface area contributed by atoms with Gasteiger partial charge in [0.25, 0.3) is 0 Å². The van der Waals surface area contributed by atoms with Gasteiger partial charge in [-0.15, -0.1) is 0 Å². The molecule has 0 radical (unpaired) electrons. The maximum Gasteiger partial charge on any atom is 0.433 e. The van der Waals surface area contributed by atoms with Crippen LogP contribution in [0.5, 0.6) is 0 Å². The van der Waals surface area contributed by atoms with Crippen molar-refractivity contribution in [3.05, 3.63) is 11.8 Å². The fraction of sp³-hybridized carbons (Fsp3) is 0.765. The summed E-state index contributed by atoms with van der Waals surface area (Å²) in [6.45, 7) is 5.37. The number of fused-ring (bicyclic) bond motifs is 1. The highest BCUT2D eigenvalue weighted by Crippen LogP contribution is 2.45. The number of nitrogens with zero attached hydrogens (tertiary/aromatic N) is 3. The average Bonchev–Trinajstić information content (AvgIpc) is 3.00. The van der Waals surface area contributed by atoms with Gasteiger partial charge in [0.15, 0.2) is 5.69 Å². The maximum absolute atomic E-state index is 13.2. The number of rotatable bonds is 4. The summed E-state index contributed by atoms with van der Waals surface area (Å²) in [7, 11) is 0. The van der Waals surface area contributed by atoms with Gasteiger partial charge in [-0.25, -0.2) is 4.98 Å². The predicted molar refractivity (Wildman–Crippen MR) is 89.5 cm³/mol. The van der Waals surface area contributed by atoms with Crippen LogP contribution < -0.4 is 10.2 Å². The van der Waals surface area contributed by atoms with Crippen molar-refractivity contribution < 1.29 is 18.3 Å². The fourth-order valence-electron chi connectivity index (χ4n) is 4.23. The summed E-state index contributed by atoms with van der Waals surface area (Å²) < 4.78 is 39.5. The summed E-state index contributed by atoms with van der Waals surface area (Å²) in [4.78, 5) is 9.72. The van der Waals surface area contributed by atoms with Crippen LogP contribution in [0.25, 0.3) is 0 Å². The molecule has 2 fully saturated rings. The molecule has 2 N–H and O–H groups in total. The Kier molecular flexibility index (Phi) is 4.83. The molecule has 8 heteroatoms. The molecule has 25 heavy (non-hydrogen) atoms. The second-order valence-corrected chi connectivity index (χ2v) is 7.08. The molecule has 0 bridgehead atoms. The molecule has 0 unspecified atom stereocenters. The van der Waals surface area contributed by atoms with E-state index in [0.29, 0.717) is 32.0 Å². The molecule has 1 aliphatic heterocycles. The molecule has 140 valence electrons. The minimum Gasteiger partial charge on any atom is -0.390 e. The highest BCUT2D eigenvalue weighted by molar-refractivity contribution is 5.47. The van der Waals surface area contributed by atoms with Crippen molar-refractivity contribution in [1.29, 1.82) is 0 Å². The van der Waals surface area contributed by atoms with Crippen LogP contribution in [0.3, 0.4) is 0 Å². The molecule has 1 saturated heterocycles. The molecule has 1 saturated carbocycles. The van der Waals surface area contributed by atoms with E-state index in [-0.39, 0.29) is 17.7 Å². The van der Waals surface area contributed by atoms with Crippen molar-refractivity contribution in [2.75, 3.05) is 29.9 Å². The normalized spacial score (nSPS) is 29.6. The van der Waals surface area contributed by atoms with Crippen LogP contribution in [-0.4, -0.2) is 40.3 Å². The van der Waals surface area contributed by atoms with Gasteiger partial charge in [-0.1, -0.05) is 13.3 Å². The molecule has 2 aliphatic rings. The Hall–Kier alpha value is -1.57. The number of hydrogen-bond acceptors (Lipinski definition) is 5. The topological polar surface area (TPSA) is 61.3 Å². The number of hydrogen-bond donors (Lipinski definition) is 2. The van der Waals surface area contributed by atoms with Gasteiger partial charge in [0.05, 0.1) is 5.60 Å². The molecule has 1 aromatic rings. The SMILES string of the molecule is CCNc1nc(N2C[C@@H]3CCC[C@@](O)(CC)[C@@H]3C2)cc(C(F)(F)F)n1. The first kappa shape index (κ1) is 18.2. The predicted octanol–water partition coefficient (Wildman–Crippen LogP) is 3.30. The second kappa shape index (κ2) is 6.63. The number of alkyl halides is 3. The third kappa shape index (κ3) is 3.54. The first-order chi connectivity index (χ1) is 11.8. The number of aromatic nitrogens is 2. The van der Waals surface area contributed by atoms with Crippen LogP contribution in [0.15, 0.2) is 6.07 Å². The average molecular weight is 358 g/mol. The van der Waals surface area contributed by atoms with E-state index in [2.05, 4.69) is 15.3 Å². The standard InChI is InChI=1S/C17H25F3N4O/c1-3-16(25)7-5-6-11-9-24(10-12(11)16)14-8-13(17(18,19)20)22-15(23-14)21-4-2/h8,11-12,25H,3-7,9-10H2,1-2H3,(H,21,22,23)/t11-,12+,16-/m0/s1. The number of halogens is 3. The molecule has 0 amide bonds.